The maximum atomic E-state index is 12.1. The van der Waals surface area contributed by atoms with Crippen molar-refractivity contribution in [2.75, 3.05) is 7.11 Å². The van der Waals surface area contributed by atoms with Crippen molar-refractivity contribution in [3.05, 3.63) is 65.5 Å². The van der Waals surface area contributed by atoms with Crippen molar-refractivity contribution in [1.82, 2.24) is 15.5 Å². The van der Waals surface area contributed by atoms with Gasteiger partial charge in [-0.3, -0.25) is 4.79 Å². The number of rotatable bonds is 7. The van der Waals surface area contributed by atoms with Gasteiger partial charge in [-0.25, -0.2) is 0 Å². The lowest BCUT2D eigenvalue weighted by Crippen LogP contribution is -2.23. The number of carbonyl (C=O) groups is 1. The van der Waals surface area contributed by atoms with E-state index in [0.717, 1.165) is 16.9 Å². The van der Waals surface area contributed by atoms with Crippen LogP contribution in [0.25, 0.3) is 11.4 Å². The summed E-state index contributed by atoms with van der Waals surface area (Å²) in [6, 6.07) is 15.5. The van der Waals surface area contributed by atoms with E-state index in [0.29, 0.717) is 24.7 Å². The van der Waals surface area contributed by atoms with Gasteiger partial charge in [0.15, 0.2) is 0 Å². The molecule has 0 saturated heterocycles. The second-order valence-corrected chi connectivity index (χ2v) is 5.97. The van der Waals surface area contributed by atoms with Crippen LogP contribution in [0.15, 0.2) is 53.1 Å². The van der Waals surface area contributed by atoms with Gasteiger partial charge in [-0.1, -0.05) is 53.2 Å². The molecule has 0 aliphatic carbocycles. The van der Waals surface area contributed by atoms with Gasteiger partial charge in [0.1, 0.15) is 5.75 Å². The van der Waals surface area contributed by atoms with Crippen molar-refractivity contribution >= 4 is 5.91 Å². The predicted octanol–water partition coefficient (Wildman–Crippen LogP) is 3.30. The van der Waals surface area contributed by atoms with Gasteiger partial charge in [0.25, 0.3) is 0 Å². The first kappa shape index (κ1) is 17.7. The molecular weight excluding hydrogens is 330 g/mol. The molecule has 0 saturated carbocycles. The van der Waals surface area contributed by atoms with E-state index >= 15 is 0 Å². The Kier molecular flexibility index (Phi) is 5.63. The van der Waals surface area contributed by atoms with Crippen molar-refractivity contribution < 1.29 is 14.1 Å². The topological polar surface area (TPSA) is 77.2 Å². The van der Waals surface area contributed by atoms with Crippen LogP contribution in [0.1, 0.15) is 23.4 Å². The number of hydrogen-bond acceptors (Lipinski definition) is 5. The third-order valence-corrected chi connectivity index (χ3v) is 4.01. The summed E-state index contributed by atoms with van der Waals surface area (Å²) in [4.78, 5) is 16.4. The van der Waals surface area contributed by atoms with Crippen molar-refractivity contribution in [3.63, 3.8) is 0 Å². The number of aromatic nitrogens is 2. The zero-order chi connectivity index (χ0) is 18.4. The van der Waals surface area contributed by atoms with Crippen molar-refractivity contribution in [2.24, 2.45) is 0 Å². The van der Waals surface area contributed by atoms with Crippen LogP contribution in [-0.4, -0.2) is 23.2 Å². The maximum Gasteiger partial charge on any atom is 0.227 e. The Labute approximate surface area is 152 Å². The van der Waals surface area contributed by atoms with E-state index in [1.54, 1.807) is 7.11 Å². The van der Waals surface area contributed by atoms with E-state index in [1.165, 1.54) is 5.56 Å². The molecule has 0 radical (unpaired) electrons. The smallest absolute Gasteiger partial charge is 0.227 e. The summed E-state index contributed by atoms with van der Waals surface area (Å²) in [6.07, 6.45) is 0.682. The molecule has 1 aromatic heterocycles. The highest BCUT2D eigenvalue weighted by Gasteiger charge is 2.11. The zero-order valence-corrected chi connectivity index (χ0v) is 14.9. The minimum Gasteiger partial charge on any atom is -0.496 e. The predicted molar refractivity (Wildman–Crippen MR) is 97.6 cm³/mol. The van der Waals surface area contributed by atoms with Crippen LogP contribution in [0.2, 0.25) is 0 Å². The summed E-state index contributed by atoms with van der Waals surface area (Å²) in [7, 11) is 1.61. The van der Waals surface area contributed by atoms with E-state index in [1.807, 2.05) is 55.5 Å². The molecule has 1 N–H and O–H groups in total. The molecule has 6 nitrogen and oxygen atoms in total. The highest BCUT2D eigenvalue weighted by molar-refractivity contribution is 5.76. The highest BCUT2D eigenvalue weighted by atomic mass is 16.5. The summed E-state index contributed by atoms with van der Waals surface area (Å²) in [5.74, 6) is 1.67. The molecule has 0 aliphatic heterocycles. The van der Waals surface area contributed by atoms with Gasteiger partial charge in [-0.05, 0) is 13.0 Å². The van der Waals surface area contributed by atoms with Gasteiger partial charge in [-0.15, -0.1) is 0 Å². The number of nitrogens with zero attached hydrogens (tertiary/aromatic N) is 2. The molecule has 26 heavy (non-hydrogen) atoms. The molecule has 0 spiro atoms. The number of para-hydroxylation sites is 1. The van der Waals surface area contributed by atoms with E-state index in [4.69, 9.17) is 9.26 Å². The molecule has 134 valence electrons. The lowest BCUT2D eigenvalue weighted by molar-refractivity contribution is -0.121. The second kappa shape index (κ2) is 8.29. The molecule has 0 atom stereocenters. The van der Waals surface area contributed by atoms with Crippen LogP contribution < -0.4 is 10.1 Å². The Hall–Kier alpha value is -3.15. The van der Waals surface area contributed by atoms with E-state index in [2.05, 4.69) is 15.5 Å². The normalized spacial score (nSPS) is 10.5. The third kappa shape index (κ3) is 4.47. The second-order valence-electron chi connectivity index (χ2n) is 5.97. The first-order valence-corrected chi connectivity index (χ1v) is 8.44. The highest BCUT2D eigenvalue weighted by Crippen LogP contribution is 2.18. The SMILES string of the molecule is COc1ccccc1CNC(=O)CCc1nc(-c2ccc(C)cc2)no1. The molecule has 0 bridgehead atoms. The van der Waals surface area contributed by atoms with Crippen LogP contribution >= 0.6 is 0 Å². The number of aryl methyl sites for hydroxylation is 2. The van der Waals surface area contributed by atoms with Gasteiger partial charge in [0.05, 0.1) is 7.11 Å². The maximum absolute atomic E-state index is 12.1. The van der Waals surface area contributed by atoms with Gasteiger partial charge in [0.2, 0.25) is 17.6 Å². The van der Waals surface area contributed by atoms with E-state index in [-0.39, 0.29) is 12.3 Å². The number of methoxy groups -OCH3 is 1. The van der Waals surface area contributed by atoms with Crippen LogP contribution in [0, 0.1) is 6.92 Å². The number of ether oxygens (including phenoxy) is 1. The van der Waals surface area contributed by atoms with E-state index in [9.17, 15) is 4.79 Å². The van der Waals surface area contributed by atoms with Gasteiger partial charge in [-0.2, -0.15) is 4.98 Å². The fourth-order valence-corrected chi connectivity index (χ4v) is 2.53. The minimum atomic E-state index is -0.0778. The van der Waals surface area contributed by atoms with E-state index < -0.39 is 0 Å². The Bertz CT molecular complexity index is 872. The first-order valence-electron chi connectivity index (χ1n) is 8.44. The Morgan fingerprint density at radius 1 is 1.15 bits per heavy atom. The summed E-state index contributed by atoms with van der Waals surface area (Å²) in [6.45, 7) is 2.44. The van der Waals surface area contributed by atoms with Crippen LogP contribution in [0.3, 0.4) is 0 Å². The lowest BCUT2D eigenvalue weighted by atomic mass is 10.1. The number of hydrogen-bond donors (Lipinski definition) is 1. The average molecular weight is 351 g/mol. The molecule has 0 aliphatic rings. The number of benzene rings is 2. The third-order valence-electron chi connectivity index (χ3n) is 4.01. The Balaban J connectivity index is 1.51. The van der Waals surface area contributed by atoms with Crippen molar-refractivity contribution in [1.29, 1.82) is 0 Å². The number of carbonyl (C=O) groups excluding carboxylic acids is 1. The molecule has 3 aromatic rings. The molecule has 6 heteroatoms. The molecule has 1 heterocycles. The first-order chi connectivity index (χ1) is 12.7. The van der Waals surface area contributed by atoms with Crippen molar-refractivity contribution in [2.45, 2.75) is 26.3 Å². The molecular formula is C20H21N3O3. The van der Waals surface area contributed by atoms with Gasteiger partial charge in [0, 0.05) is 30.5 Å². The van der Waals surface area contributed by atoms with Gasteiger partial charge < -0.3 is 14.6 Å². The molecule has 3 rings (SSSR count). The number of nitrogens with one attached hydrogen (secondary N) is 1. The standard InChI is InChI=1S/C20H21N3O3/c1-14-7-9-15(10-8-14)20-22-19(26-23-20)12-11-18(24)21-13-16-5-3-4-6-17(16)25-2/h3-10H,11-13H2,1-2H3,(H,21,24). The lowest BCUT2D eigenvalue weighted by Gasteiger charge is -2.09. The fourth-order valence-electron chi connectivity index (χ4n) is 2.53. The summed E-state index contributed by atoms with van der Waals surface area (Å²) < 4.78 is 10.5. The van der Waals surface area contributed by atoms with Crippen LogP contribution in [0.5, 0.6) is 5.75 Å². The number of amides is 1. The quantitative estimate of drug-likeness (QED) is 0.707. The summed E-state index contributed by atoms with van der Waals surface area (Å²) in [5.41, 5.74) is 3.00. The Morgan fingerprint density at radius 2 is 1.92 bits per heavy atom. The van der Waals surface area contributed by atoms with Crippen molar-refractivity contribution in [3.8, 4) is 17.1 Å². The van der Waals surface area contributed by atoms with Crippen LogP contribution in [0.4, 0.5) is 0 Å². The minimum absolute atomic E-state index is 0.0778. The molecule has 0 unspecified atom stereocenters. The van der Waals surface area contributed by atoms with Crippen LogP contribution in [-0.2, 0) is 17.8 Å². The summed E-state index contributed by atoms with van der Waals surface area (Å²) >= 11 is 0. The molecule has 1 amide bonds. The summed E-state index contributed by atoms with van der Waals surface area (Å²) in [5, 5.41) is 6.86. The van der Waals surface area contributed by atoms with Gasteiger partial charge >= 0.3 is 0 Å². The monoisotopic (exact) mass is 351 g/mol. The fraction of sp³-hybridized carbons (Fsp3) is 0.250. The largest absolute Gasteiger partial charge is 0.496 e. The molecule has 2 aromatic carbocycles. The zero-order valence-electron chi connectivity index (χ0n) is 14.9. The Morgan fingerprint density at radius 3 is 2.69 bits per heavy atom. The molecule has 0 fully saturated rings. The average Bonchev–Trinajstić information content (AvgIpc) is 3.14.